The van der Waals surface area contributed by atoms with Crippen LogP contribution in [0.1, 0.15) is 23.5 Å². The Morgan fingerprint density at radius 1 is 1.56 bits per heavy atom. The molecule has 16 heavy (non-hydrogen) atoms. The first-order chi connectivity index (χ1) is 7.54. The van der Waals surface area contributed by atoms with Gasteiger partial charge in [-0.15, -0.1) is 0 Å². The molecule has 1 unspecified atom stereocenters. The maximum absolute atomic E-state index is 11.6. The third kappa shape index (κ3) is 3.39. The van der Waals surface area contributed by atoms with Crippen molar-refractivity contribution in [2.45, 2.75) is 13.8 Å². The summed E-state index contributed by atoms with van der Waals surface area (Å²) in [7, 11) is 1.79. The van der Waals surface area contributed by atoms with E-state index >= 15 is 0 Å². The average molecular weight is 241 g/mol. The number of aromatic nitrogens is 1. The summed E-state index contributed by atoms with van der Waals surface area (Å²) in [6, 6.07) is 0. The van der Waals surface area contributed by atoms with Gasteiger partial charge in [0.15, 0.2) is 10.9 Å². The molecule has 2 N–H and O–H groups in total. The highest BCUT2D eigenvalue weighted by Gasteiger charge is 2.14. The number of hydrogen-bond acceptors (Lipinski definition) is 5. The number of ketones is 1. The van der Waals surface area contributed by atoms with Crippen molar-refractivity contribution in [1.29, 1.82) is 0 Å². The van der Waals surface area contributed by atoms with Crippen LogP contribution < -0.4 is 10.6 Å². The maximum Gasteiger partial charge on any atom is 0.230 e. The lowest BCUT2D eigenvalue weighted by atomic mass is 10.2. The standard InChI is InChI=1S/C10H15N3O2S/c1-6(4-11-3)9(15)13-10-12-5-8(16-10)7(2)14/h5-6,11H,4H2,1-3H3,(H,12,13,15). The van der Waals surface area contributed by atoms with E-state index < -0.39 is 0 Å². The molecule has 0 aliphatic heterocycles. The summed E-state index contributed by atoms with van der Waals surface area (Å²) in [5.74, 6) is -0.269. The SMILES string of the molecule is CNCC(C)C(=O)Nc1ncc(C(C)=O)s1. The smallest absolute Gasteiger partial charge is 0.230 e. The van der Waals surface area contributed by atoms with E-state index in [-0.39, 0.29) is 17.6 Å². The summed E-state index contributed by atoms with van der Waals surface area (Å²) < 4.78 is 0. The second kappa shape index (κ2) is 5.72. The van der Waals surface area contributed by atoms with Gasteiger partial charge in [-0.3, -0.25) is 9.59 Å². The summed E-state index contributed by atoms with van der Waals surface area (Å²) in [6.07, 6.45) is 1.48. The number of thiazole rings is 1. The van der Waals surface area contributed by atoms with Crippen LogP contribution in [0.5, 0.6) is 0 Å². The minimum Gasteiger partial charge on any atom is -0.319 e. The molecule has 0 aromatic carbocycles. The molecular weight excluding hydrogens is 226 g/mol. The molecule has 5 nitrogen and oxygen atoms in total. The van der Waals surface area contributed by atoms with E-state index in [0.29, 0.717) is 16.6 Å². The molecule has 0 saturated carbocycles. The molecule has 88 valence electrons. The van der Waals surface area contributed by atoms with Crippen molar-refractivity contribution in [3.63, 3.8) is 0 Å². The van der Waals surface area contributed by atoms with Crippen LogP contribution in [0, 0.1) is 5.92 Å². The van der Waals surface area contributed by atoms with Gasteiger partial charge in [0.25, 0.3) is 0 Å². The Balaban J connectivity index is 2.59. The maximum atomic E-state index is 11.6. The Bertz CT molecular complexity index is 389. The van der Waals surface area contributed by atoms with E-state index in [4.69, 9.17) is 0 Å². The molecular formula is C10H15N3O2S. The van der Waals surface area contributed by atoms with Crippen molar-refractivity contribution in [3.8, 4) is 0 Å². The number of hydrogen-bond donors (Lipinski definition) is 2. The molecule has 0 fully saturated rings. The first-order valence-corrected chi connectivity index (χ1v) is 5.78. The van der Waals surface area contributed by atoms with Gasteiger partial charge in [-0.25, -0.2) is 4.98 Å². The normalized spacial score (nSPS) is 12.2. The molecule has 0 radical (unpaired) electrons. The molecule has 1 rings (SSSR count). The quantitative estimate of drug-likeness (QED) is 0.758. The topological polar surface area (TPSA) is 71.1 Å². The summed E-state index contributed by atoms with van der Waals surface area (Å²) in [5, 5.41) is 6.07. The Labute approximate surface area is 98.3 Å². The number of rotatable bonds is 5. The number of Topliss-reactive ketones (excluding diaryl/α,β-unsaturated/α-hetero) is 1. The van der Waals surface area contributed by atoms with Crippen LogP contribution in [-0.4, -0.2) is 30.3 Å². The van der Waals surface area contributed by atoms with Crippen LogP contribution in [0.4, 0.5) is 5.13 Å². The van der Waals surface area contributed by atoms with E-state index in [1.807, 2.05) is 6.92 Å². The number of carbonyl (C=O) groups excluding carboxylic acids is 2. The molecule has 1 aromatic heterocycles. The fraction of sp³-hybridized carbons (Fsp3) is 0.500. The minimum absolute atomic E-state index is 0.0405. The van der Waals surface area contributed by atoms with Gasteiger partial charge in [-0.05, 0) is 7.05 Å². The number of anilines is 1. The molecule has 0 bridgehead atoms. The molecule has 1 amide bonds. The largest absolute Gasteiger partial charge is 0.319 e. The Kier molecular flexibility index (Phi) is 4.57. The van der Waals surface area contributed by atoms with Crippen LogP contribution in [-0.2, 0) is 4.79 Å². The number of nitrogens with one attached hydrogen (secondary N) is 2. The highest BCUT2D eigenvalue weighted by atomic mass is 32.1. The van der Waals surface area contributed by atoms with Crippen LogP contribution in [0.2, 0.25) is 0 Å². The van der Waals surface area contributed by atoms with E-state index in [9.17, 15) is 9.59 Å². The first-order valence-electron chi connectivity index (χ1n) is 4.96. The van der Waals surface area contributed by atoms with Gasteiger partial charge in [-0.2, -0.15) is 0 Å². The molecule has 0 saturated heterocycles. The van der Waals surface area contributed by atoms with Gasteiger partial charge in [0, 0.05) is 19.4 Å². The number of nitrogens with zero attached hydrogens (tertiary/aromatic N) is 1. The molecule has 0 aliphatic rings. The Morgan fingerprint density at radius 2 is 2.25 bits per heavy atom. The van der Waals surface area contributed by atoms with Gasteiger partial charge in [0.05, 0.1) is 11.1 Å². The zero-order chi connectivity index (χ0) is 12.1. The molecule has 1 aromatic rings. The van der Waals surface area contributed by atoms with Crippen molar-refractivity contribution in [2.75, 3.05) is 18.9 Å². The lowest BCUT2D eigenvalue weighted by Gasteiger charge is -2.08. The van der Waals surface area contributed by atoms with Gasteiger partial charge < -0.3 is 10.6 Å². The van der Waals surface area contributed by atoms with Gasteiger partial charge in [0.1, 0.15) is 0 Å². The van der Waals surface area contributed by atoms with Gasteiger partial charge in [-0.1, -0.05) is 18.3 Å². The molecule has 1 atom stereocenters. The number of carbonyl (C=O) groups is 2. The molecule has 1 heterocycles. The predicted molar refractivity (Wildman–Crippen MR) is 63.8 cm³/mol. The molecule has 0 aliphatic carbocycles. The van der Waals surface area contributed by atoms with Gasteiger partial charge >= 0.3 is 0 Å². The Morgan fingerprint density at radius 3 is 2.75 bits per heavy atom. The highest BCUT2D eigenvalue weighted by Crippen LogP contribution is 2.18. The van der Waals surface area contributed by atoms with Crippen LogP contribution >= 0.6 is 11.3 Å². The van der Waals surface area contributed by atoms with Crippen molar-refractivity contribution in [3.05, 3.63) is 11.1 Å². The monoisotopic (exact) mass is 241 g/mol. The van der Waals surface area contributed by atoms with Crippen LogP contribution in [0.15, 0.2) is 6.20 Å². The van der Waals surface area contributed by atoms with Crippen LogP contribution in [0.25, 0.3) is 0 Å². The predicted octanol–water partition coefficient (Wildman–Crippen LogP) is 1.14. The van der Waals surface area contributed by atoms with Crippen molar-refractivity contribution in [1.82, 2.24) is 10.3 Å². The Hall–Kier alpha value is -1.27. The zero-order valence-electron chi connectivity index (χ0n) is 9.53. The summed E-state index contributed by atoms with van der Waals surface area (Å²) in [6.45, 7) is 3.91. The summed E-state index contributed by atoms with van der Waals surface area (Å²) >= 11 is 1.19. The third-order valence-corrected chi connectivity index (χ3v) is 3.05. The molecule has 6 heteroatoms. The lowest BCUT2D eigenvalue weighted by molar-refractivity contribution is -0.119. The van der Waals surface area contributed by atoms with Crippen molar-refractivity contribution < 1.29 is 9.59 Å². The minimum atomic E-state index is -0.130. The van der Waals surface area contributed by atoms with Crippen LogP contribution in [0.3, 0.4) is 0 Å². The summed E-state index contributed by atoms with van der Waals surface area (Å²) in [4.78, 5) is 27.2. The van der Waals surface area contributed by atoms with E-state index in [0.717, 1.165) is 0 Å². The number of amides is 1. The van der Waals surface area contributed by atoms with E-state index in [1.54, 1.807) is 7.05 Å². The molecule has 0 spiro atoms. The second-order valence-electron chi connectivity index (χ2n) is 3.53. The van der Waals surface area contributed by atoms with E-state index in [1.165, 1.54) is 24.5 Å². The fourth-order valence-corrected chi connectivity index (χ4v) is 1.84. The third-order valence-electron chi connectivity index (χ3n) is 2.04. The fourth-order valence-electron chi connectivity index (χ4n) is 1.12. The van der Waals surface area contributed by atoms with E-state index in [2.05, 4.69) is 15.6 Å². The average Bonchev–Trinajstić information content (AvgIpc) is 2.66. The van der Waals surface area contributed by atoms with Crippen molar-refractivity contribution >= 4 is 28.2 Å². The lowest BCUT2D eigenvalue weighted by Crippen LogP contribution is -2.28. The summed E-state index contributed by atoms with van der Waals surface area (Å²) in [5.41, 5.74) is 0. The second-order valence-corrected chi connectivity index (χ2v) is 4.56. The first kappa shape index (κ1) is 12.8. The van der Waals surface area contributed by atoms with Crippen molar-refractivity contribution in [2.24, 2.45) is 5.92 Å². The highest BCUT2D eigenvalue weighted by molar-refractivity contribution is 7.17. The van der Waals surface area contributed by atoms with Gasteiger partial charge in [0.2, 0.25) is 5.91 Å². The zero-order valence-corrected chi connectivity index (χ0v) is 10.4.